The highest BCUT2D eigenvalue weighted by atomic mass is 16.1. The van der Waals surface area contributed by atoms with Crippen LogP contribution in [0.15, 0.2) is 40.2 Å². The highest BCUT2D eigenvalue weighted by Crippen LogP contribution is 2.24. The summed E-state index contributed by atoms with van der Waals surface area (Å²) < 4.78 is 3.29. The number of hydrogen-bond acceptors (Lipinski definition) is 6. The molecule has 0 aromatic carbocycles. The zero-order valence-corrected chi connectivity index (χ0v) is 17.9. The fourth-order valence-corrected chi connectivity index (χ4v) is 4.20. The van der Waals surface area contributed by atoms with E-state index in [4.69, 9.17) is 0 Å². The van der Waals surface area contributed by atoms with Crippen molar-refractivity contribution >= 4 is 22.2 Å². The van der Waals surface area contributed by atoms with Crippen molar-refractivity contribution in [2.75, 3.05) is 31.1 Å². The molecule has 1 aliphatic rings. The highest BCUT2D eigenvalue weighted by Gasteiger charge is 2.21. The third-order valence-electron chi connectivity index (χ3n) is 6.02. The first kappa shape index (κ1) is 19.5. The molecule has 1 fully saturated rings. The van der Waals surface area contributed by atoms with Crippen LogP contribution in [0, 0.1) is 13.8 Å². The summed E-state index contributed by atoms with van der Waals surface area (Å²) in [5, 5.41) is 5.47. The van der Waals surface area contributed by atoms with E-state index in [2.05, 4.69) is 30.9 Å². The maximum Gasteiger partial charge on any atom is 0.276 e. The third kappa shape index (κ3) is 3.50. The normalized spacial score (nSPS) is 15.3. The van der Waals surface area contributed by atoms with Gasteiger partial charge < -0.3 is 14.5 Å². The molecule has 4 aromatic rings. The van der Waals surface area contributed by atoms with Gasteiger partial charge in [-0.05, 0) is 26.0 Å². The summed E-state index contributed by atoms with van der Waals surface area (Å²) in [4.78, 5) is 36.3. The molecule has 9 heteroatoms. The van der Waals surface area contributed by atoms with E-state index in [0.29, 0.717) is 16.7 Å². The molecule has 5 heterocycles. The van der Waals surface area contributed by atoms with Crippen molar-refractivity contribution in [2.24, 2.45) is 7.05 Å². The summed E-state index contributed by atoms with van der Waals surface area (Å²) >= 11 is 0. The quantitative estimate of drug-likeness (QED) is 0.537. The number of aromatic amines is 1. The van der Waals surface area contributed by atoms with E-state index in [1.807, 2.05) is 19.1 Å². The van der Waals surface area contributed by atoms with Crippen molar-refractivity contribution in [3.8, 4) is 0 Å². The van der Waals surface area contributed by atoms with Crippen LogP contribution in [0.4, 0.5) is 5.69 Å². The molecule has 0 aliphatic carbocycles. The number of aromatic nitrogens is 5. The minimum Gasteiger partial charge on any atom is -0.367 e. The average molecular weight is 419 g/mol. The van der Waals surface area contributed by atoms with E-state index in [1.54, 1.807) is 35.4 Å². The minimum atomic E-state index is -0.0789. The second-order valence-electron chi connectivity index (χ2n) is 8.26. The predicted molar refractivity (Wildman–Crippen MR) is 120 cm³/mol. The first-order valence-corrected chi connectivity index (χ1v) is 10.4. The van der Waals surface area contributed by atoms with Gasteiger partial charge in [-0.3, -0.25) is 14.5 Å². The number of piperazine rings is 1. The van der Waals surface area contributed by atoms with Crippen LogP contribution in [0.1, 0.15) is 17.0 Å². The predicted octanol–water partition coefficient (Wildman–Crippen LogP) is 1.21. The van der Waals surface area contributed by atoms with Gasteiger partial charge in [0.15, 0.2) is 0 Å². The fraction of sp³-hybridized carbons (Fsp3) is 0.364. The van der Waals surface area contributed by atoms with Crippen LogP contribution >= 0.6 is 0 Å². The van der Waals surface area contributed by atoms with E-state index in [1.165, 1.54) is 0 Å². The first-order chi connectivity index (χ1) is 14.9. The van der Waals surface area contributed by atoms with Gasteiger partial charge in [0.05, 0.1) is 17.1 Å². The molecule has 4 aromatic heterocycles. The number of H-pyrrole nitrogens is 1. The van der Waals surface area contributed by atoms with E-state index in [-0.39, 0.29) is 11.1 Å². The molecule has 0 bridgehead atoms. The molecule has 0 spiro atoms. The topological polar surface area (TPSA) is 91.5 Å². The molecular weight excluding hydrogens is 394 g/mol. The smallest absolute Gasteiger partial charge is 0.276 e. The summed E-state index contributed by atoms with van der Waals surface area (Å²) in [6.45, 7) is 8.04. The lowest BCUT2D eigenvalue weighted by Gasteiger charge is -2.36. The lowest BCUT2D eigenvalue weighted by Crippen LogP contribution is -2.46. The van der Waals surface area contributed by atoms with Crippen molar-refractivity contribution in [3.05, 3.63) is 68.3 Å². The van der Waals surface area contributed by atoms with Crippen molar-refractivity contribution in [2.45, 2.75) is 20.4 Å². The summed E-state index contributed by atoms with van der Waals surface area (Å²) in [6.07, 6.45) is 3.55. The molecule has 1 N–H and O–H groups in total. The van der Waals surface area contributed by atoms with Crippen LogP contribution in [0.5, 0.6) is 0 Å². The SMILES string of the molecule is Cc1nc2c(=O)n(C)ccc2cc1N1CCN(Cc2cc3[nH]c(=O)c(C)cn3n2)CC1. The van der Waals surface area contributed by atoms with Crippen molar-refractivity contribution < 1.29 is 0 Å². The second kappa shape index (κ2) is 7.35. The summed E-state index contributed by atoms with van der Waals surface area (Å²) in [7, 11) is 1.74. The van der Waals surface area contributed by atoms with Crippen LogP contribution < -0.4 is 16.0 Å². The van der Waals surface area contributed by atoms with Crippen LogP contribution in [-0.2, 0) is 13.6 Å². The number of nitrogens with one attached hydrogen (secondary N) is 1. The number of nitrogens with zero attached hydrogens (tertiary/aromatic N) is 6. The molecule has 0 radical (unpaired) electrons. The Morgan fingerprint density at radius 2 is 1.87 bits per heavy atom. The zero-order chi connectivity index (χ0) is 21.7. The average Bonchev–Trinajstić information content (AvgIpc) is 3.12. The van der Waals surface area contributed by atoms with Gasteiger partial charge in [-0.1, -0.05) is 0 Å². The van der Waals surface area contributed by atoms with Gasteiger partial charge in [-0.25, -0.2) is 9.50 Å². The molecule has 160 valence electrons. The summed E-state index contributed by atoms with van der Waals surface area (Å²) in [6, 6.07) is 5.96. The third-order valence-corrected chi connectivity index (χ3v) is 6.02. The van der Waals surface area contributed by atoms with Gasteiger partial charge in [0, 0.05) is 69.2 Å². The Kier molecular flexibility index (Phi) is 4.62. The van der Waals surface area contributed by atoms with E-state index >= 15 is 0 Å². The molecule has 1 saturated heterocycles. The van der Waals surface area contributed by atoms with Gasteiger partial charge in [-0.2, -0.15) is 5.10 Å². The molecule has 1 aliphatic heterocycles. The van der Waals surface area contributed by atoms with Gasteiger partial charge in [0.2, 0.25) is 0 Å². The number of pyridine rings is 2. The van der Waals surface area contributed by atoms with E-state index < -0.39 is 0 Å². The number of hydrogen-bond donors (Lipinski definition) is 1. The van der Waals surface area contributed by atoms with Gasteiger partial charge in [0.1, 0.15) is 11.2 Å². The van der Waals surface area contributed by atoms with Crippen molar-refractivity contribution in [3.63, 3.8) is 0 Å². The van der Waals surface area contributed by atoms with Crippen LogP contribution in [0.2, 0.25) is 0 Å². The Bertz CT molecular complexity index is 1410. The molecular formula is C22H25N7O2. The van der Waals surface area contributed by atoms with Crippen molar-refractivity contribution in [1.82, 2.24) is 29.0 Å². The maximum absolute atomic E-state index is 12.3. The molecule has 31 heavy (non-hydrogen) atoms. The fourth-order valence-electron chi connectivity index (χ4n) is 4.20. The zero-order valence-electron chi connectivity index (χ0n) is 17.9. The summed E-state index contributed by atoms with van der Waals surface area (Å²) in [5.74, 6) is 0. The molecule has 0 saturated carbocycles. The maximum atomic E-state index is 12.3. The first-order valence-electron chi connectivity index (χ1n) is 10.4. The largest absolute Gasteiger partial charge is 0.367 e. The molecule has 0 unspecified atom stereocenters. The lowest BCUT2D eigenvalue weighted by atomic mass is 10.1. The van der Waals surface area contributed by atoms with Gasteiger partial charge in [0.25, 0.3) is 11.1 Å². The molecule has 9 nitrogen and oxygen atoms in total. The molecule has 0 atom stereocenters. The number of aryl methyl sites for hydroxylation is 3. The lowest BCUT2D eigenvalue weighted by molar-refractivity contribution is 0.246. The number of anilines is 1. The Labute approximate surface area is 178 Å². The van der Waals surface area contributed by atoms with E-state index in [9.17, 15) is 9.59 Å². The monoisotopic (exact) mass is 419 g/mol. The number of fused-ring (bicyclic) bond motifs is 2. The Morgan fingerprint density at radius 3 is 2.65 bits per heavy atom. The Balaban J connectivity index is 1.31. The van der Waals surface area contributed by atoms with Gasteiger partial charge in [-0.15, -0.1) is 0 Å². The highest BCUT2D eigenvalue weighted by molar-refractivity contribution is 5.82. The van der Waals surface area contributed by atoms with Crippen LogP contribution in [-0.4, -0.2) is 55.2 Å². The molecule has 0 amide bonds. The number of rotatable bonds is 3. The van der Waals surface area contributed by atoms with Crippen molar-refractivity contribution in [1.29, 1.82) is 0 Å². The minimum absolute atomic E-state index is 0.0686. The van der Waals surface area contributed by atoms with Crippen LogP contribution in [0.25, 0.3) is 16.6 Å². The molecule has 5 rings (SSSR count). The summed E-state index contributed by atoms with van der Waals surface area (Å²) in [5.41, 5.74) is 4.64. The Hall–Kier alpha value is -3.46. The van der Waals surface area contributed by atoms with Gasteiger partial charge >= 0.3 is 0 Å². The Morgan fingerprint density at radius 1 is 1.10 bits per heavy atom. The standard InChI is InChI=1S/C22H25N7O2/c1-14-12-29-19(24-21(14)30)11-17(25-29)13-27-6-8-28(9-7-27)18-10-16-4-5-26(3)22(31)20(16)23-15(18)2/h4-5,10-12H,6-9,13H2,1-3H3,(H,24,30). The van der Waals surface area contributed by atoms with Crippen LogP contribution in [0.3, 0.4) is 0 Å². The van der Waals surface area contributed by atoms with E-state index in [0.717, 1.165) is 55.2 Å². The second-order valence-corrected chi connectivity index (χ2v) is 8.26.